The van der Waals surface area contributed by atoms with Crippen LogP contribution in [0.25, 0.3) is 22.9 Å². The first-order chi connectivity index (χ1) is 10.3. The molecule has 104 valence electrons. The van der Waals surface area contributed by atoms with Crippen LogP contribution in [-0.2, 0) is 0 Å². The summed E-state index contributed by atoms with van der Waals surface area (Å²) in [5, 5.41) is 1.62. The van der Waals surface area contributed by atoms with Crippen molar-refractivity contribution < 1.29 is 4.74 Å². The van der Waals surface area contributed by atoms with E-state index >= 15 is 0 Å². The monoisotopic (exact) mass is 278 g/mol. The van der Waals surface area contributed by atoms with Crippen LogP contribution in [0.1, 0.15) is 11.1 Å². The Balaban J connectivity index is 2.03. The number of rotatable bonds is 3. The molecule has 0 atom stereocenters. The van der Waals surface area contributed by atoms with Gasteiger partial charge in [-0.1, -0.05) is 30.4 Å². The minimum atomic E-state index is -0.0756. The minimum absolute atomic E-state index is 0.0756. The molecule has 0 radical (unpaired) electrons. The average Bonchev–Trinajstić information content (AvgIpc) is 2.55. The van der Waals surface area contributed by atoms with Crippen LogP contribution in [0.2, 0.25) is 0 Å². The number of fused-ring (bicyclic) bond motifs is 1. The second-order valence-electron chi connectivity index (χ2n) is 4.58. The maximum absolute atomic E-state index is 11.8. The molecular weight excluding hydrogens is 264 g/mol. The van der Waals surface area contributed by atoms with E-state index < -0.39 is 0 Å². The summed E-state index contributed by atoms with van der Waals surface area (Å²) in [5.41, 5.74) is 1.87. The molecule has 3 rings (SSSR count). The Hall–Kier alpha value is -2.88. The van der Waals surface area contributed by atoms with E-state index in [4.69, 9.17) is 4.74 Å². The molecule has 0 amide bonds. The van der Waals surface area contributed by atoms with Crippen molar-refractivity contribution in [2.75, 3.05) is 7.11 Å². The van der Waals surface area contributed by atoms with E-state index in [0.717, 1.165) is 16.5 Å². The van der Waals surface area contributed by atoms with Crippen molar-refractivity contribution in [3.8, 4) is 5.88 Å². The van der Waals surface area contributed by atoms with E-state index in [9.17, 15) is 4.79 Å². The second kappa shape index (κ2) is 5.63. The van der Waals surface area contributed by atoms with Gasteiger partial charge in [-0.3, -0.25) is 4.79 Å². The van der Waals surface area contributed by atoms with Gasteiger partial charge in [0, 0.05) is 23.8 Å². The van der Waals surface area contributed by atoms with Crippen molar-refractivity contribution in [3.63, 3.8) is 0 Å². The second-order valence-corrected chi connectivity index (χ2v) is 4.58. The van der Waals surface area contributed by atoms with Gasteiger partial charge in [0.05, 0.1) is 7.11 Å². The maximum Gasteiger partial charge on any atom is 0.255 e. The van der Waals surface area contributed by atoms with Crippen molar-refractivity contribution in [3.05, 3.63) is 70.3 Å². The first-order valence-corrected chi connectivity index (χ1v) is 6.56. The molecule has 0 unspecified atom stereocenters. The fourth-order valence-electron chi connectivity index (χ4n) is 2.20. The Labute approximate surface area is 121 Å². The van der Waals surface area contributed by atoms with Crippen LogP contribution in [0.3, 0.4) is 0 Å². The van der Waals surface area contributed by atoms with Gasteiger partial charge in [-0.05, 0) is 28.6 Å². The summed E-state index contributed by atoms with van der Waals surface area (Å²) in [6.07, 6.45) is 7.35. The van der Waals surface area contributed by atoms with Crippen LogP contribution in [0.15, 0.2) is 53.6 Å². The molecule has 0 spiro atoms. The molecule has 0 aliphatic rings. The molecule has 1 N–H and O–H groups in total. The molecule has 4 nitrogen and oxygen atoms in total. The predicted molar refractivity (Wildman–Crippen MR) is 84.3 cm³/mol. The Kier molecular flexibility index (Phi) is 3.51. The van der Waals surface area contributed by atoms with Gasteiger partial charge in [-0.15, -0.1) is 0 Å². The number of pyridine rings is 2. The third kappa shape index (κ3) is 2.69. The molecule has 0 saturated carbocycles. The number of hydrogen-bond donors (Lipinski definition) is 1. The molecule has 4 heteroatoms. The molecule has 3 aromatic rings. The number of ether oxygens (including phenoxy) is 1. The number of aromatic amines is 1. The highest BCUT2D eigenvalue weighted by molar-refractivity contribution is 5.91. The lowest BCUT2D eigenvalue weighted by Gasteiger charge is -2.02. The first-order valence-electron chi connectivity index (χ1n) is 6.56. The van der Waals surface area contributed by atoms with Gasteiger partial charge in [0.2, 0.25) is 5.88 Å². The van der Waals surface area contributed by atoms with E-state index in [0.29, 0.717) is 11.3 Å². The SMILES string of the molecule is COc1cc(/C=C/c2c[nH]c(=O)c3ccccc23)ccn1. The standard InChI is InChI=1S/C17H14N2O2/c1-21-16-10-12(8-9-18-16)6-7-13-11-19-17(20)15-5-3-2-4-14(13)15/h2-11H,1H3,(H,19,20)/b7-6+. The van der Waals surface area contributed by atoms with Crippen molar-refractivity contribution in [1.29, 1.82) is 0 Å². The lowest BCUT2D eigenvalue weighted by atomic mass is 10.1. The summed E-state index contributed by atoms with van der Waals surface area (Å²) >= 11 is 0. The molecule has 1 aromatic carbocycles. The highest BCUT2D eigenvalue weighted by Gasteiger charge is 2.01. The minimum Gasteiger partial charge on any atom is -0.481 e. The highest BCUT2D eigenvalue weighted by Crippen LogP contribution is 2.18. The Morgan fingerprint density at radius 3 is 2.76 bits per heavy atom. The number of nitrogens with zero attached hydrogens (tertiary/aromatic N) is 1. The Morgan fingerprint density at radius 2 is 1.95 bits per heavy atom. The van der Waals surface area contributed by atoms with E-state index in [1.165, 1.54) is 0 Å². The number of methoxy groups -OCH3 is 1. The summed E-state index contributed by atoms with van der Waals surface area (Å²) < 4.78 is 5.10. The van der Waals surface area contributed by atoms with Gasteiger partial charge in [0.15, 0.2) is 0 Å². The predicted octanol–water partition coefficient (Wildman–Crippen LogP) is 3.10. The van der Waals surface area contributed by atoms with Crippen molar-refractivity contribution in [2.24, 2.45) is 0 Å². The molecule has 0 aliphatic carbocycles. The van der Waals surface area contributed by atoms with Gasteiger partial charge in [0.25, 0.3) is 5.56 Å². The van der Waals surface area contributed by atoms with Crippen LogP contribution in [0.5, 0.6) is 5.88 Å². The number of H-pyrrole nitrogens is 1. The fourth-order valence-corrected chi connectivity index (χ4v) is 2.20. The summed E-state index contributed by atoms with van der Waals surface area (Å²) in [5.74, 6) is 0.573. The van der Waals surface area contributed by atoms with Gasteiger partial charge >= 0.3 is 0 Å². The van der Waals surface area contributed by atoms with Gasteiger partial charge < -0.3 is 9.72 Å². The quantitative estimate of drug-likeness (QED) is 0.801. The normalized spacial score (nSPS) is 11.1. The summed E-state index contributed by atoms with van der Waals surface area (Å²) in [7, 11) is 1.59. The average molecular weight is 278 g/mol. The summed E-state index contributed by atoms with van der Waals surface area (Å²) in [4.78, 5) is 18.6. The van der Waals surface area contributed by atoms with Gasteiger partial charge in [-0.2, -0.15) is 0 Å². The van der Waals surface area contributed by atoms with E-state index in [1.54, 1.807) is 19.5 Å². The molecule has 0 saturated heterocycles. The number of nitrogens with one attached hydrogen (secondary N) is 1. The smallest absolute Gasteiger partial charge is 0.255 e. The number of benzene rings is 1. The largest absolute Gasteiger partial charge is 0.481 e. The Morgan fingerprint density at radius 1 is 1.14 bits per heavy atom. The Bertz CT molecular complexity index is 866. The van der Waals surface area contributed by atoms with E-state index in [-0.39, 0.29) is 5.56 Å². The molecule has 2 aromatic heterocycles. The molecule has 0 aliphatic heterocycles. The fraction of sp³-hybridized carbons (Fsp3) is 0.0588. The van der Waals surface area contributed by atoms with Crippen LogP contribution in [0, 0.1) is 0 Å². The van der Waals surface area contributed by atoms with Crippen molar-refractivity contribution in [1.82, 2.24) is 9.97 Å². The van der Waals surface area contributed by atoms with E-state index in [2.05, 4.69) is 9.97 Å². The van der Waals surface area contributed by atoms with Crippen LogP contribution < -0.4 is 10.3 Å². The van der Waals surface area contributed by atoms with Crippen molar-refractivity contribution >= 4 is 22.9 Å². The van der Waals surface area contributed by atoms with Crippen LogP contribution >= 0.6 is 0 Å². The summed E-state index contributed by atoms with van der Waals surface area (Å²) in [6, 6.07) is 11.3. The lowest BCUT2D eigenvalue weighted by Crippen LogP contribution is -2.05. The first kappa shape index (κ1) is 13.1. The van der Waals surface area contributed by atoms with Crippen LogP contribution in [-0.4, -0.2) is 17.1 Å². The van der Waals surface area contributed by atoms with Crippen molar-refractivity contribution in [2.45, 2.75) is 0 Å². The number of hydrogen-bond acceptors (Lipinski definition) is 3. The van der Waals surface area contributed by atoms with Gasteiger partial charge in [0.1, 0.15) is 0 Å². The third-order valence-corrected chi connectivity index (χ3v) is 3.26. The lowest BCUT2D eigenvalue weighted by molar-refractivity contribution is 0.398. The molecule has 0 fully saturated rings. The van der Waals surface area contributed by atoms with Crippen LogP contribution in [0.4, 0.5) is 0 Å². The zero-order valence-corrected chi connectivity index (χ0v) is 11.5. The number of aromatic nitrogens is 2. The molecular formula is C17H14N2O2. The van der Waals surface area contributed by atoms with Gasteiger partial charge in [-0.25, -0.2) is 4.98 Å². The van der Waals surface area contributed by atoms with E-state index in [1.807, 2.05) is 48.6 Å². The molecule has 2 heterocycles. The zero-order chi connectivity index (χ0) is 14.7. The molecule has 21 heavy (non-hydrogen) atoms. The third-order valence-electron chi connectivity index (χ3n) is 3.26. The highest BCUT2D eigenvalue weighted by atomic mass is 16.5. The summed E-state index contributed by atoms with van der Waals surface area (Å²) in [6.45, 7) is 0. The zero-order valence-electron chi connectivity index (χ0n) is 11.5. The topological polar surface area (TPSA) is 55.0 Å². The maximum atomic E-state index is 11.8. The molecule has 0 bridgehead atoms.